The molecule has 2 rings (SSSR count). The number of nitrogen functional groups attached to an aromatic ring is 1. The van der Waals surface area contributed by atoms with Crippen molar-refractivity contribution in [1.29, 1.82) is 0 Å². The maximum absolute atomic E-state index is 12.7. The molecule has 112 valence electrons. The molecule has 0 aliphatic heterocycles. The van der Waals surface area contributed by atoms with Crippen molar-refractivity contribution in [3.05, 3.63) is 33.9 Å². The molecule has 2 aromatic heterocycles. The lowest BCUT2D eigenvalue weighted by Crippen LogP contribution is -2.16. The van der Waals surface area contributed by atoms with Gasteiger partial charge in [-0.25, -0.2) is 20.8 Å². The summed E-state index contributed by atoms with van der Waals surface area (Å²) < 4.78 is 38.1. The monoisotopic (exact) mass is 318 g/mol. The summed E-state index contributed by atoms with van der Waals surface area (Å²) in [5, 5.41) is 0.0637. The van der Waals surface area contributed by atoms with Crippen LogP contribution < -0.4 is 16.8 Å². The zero-order chi connectivity index (χ0) is 15.6. The normalized spacial score (nSPS) is 11.5. The molecule has 11 heteroatoms. The third-order valence-electron chi connectivity index (χ3n) is 2.17. The van der Waals surface area contributed by atoms with Crippen LogP contribution >= 0.6 is 11.8 Å². The molecule has 21 heavy (non-hydrogen) atoms. The highest BCUT2D eigenvalue weighted by molar-refractivity contribution is 7.99. The van der Waals surface area contributed by atoms with E-state index in [0.29, 0.717) is 5.69 Å². The number of aromatic amines is 1. The first-order valence-electron chi connectivity index (χ1n) is 5.46. The van der Waals surface area contributed by atoms with Crippen LogP contribution in [-0.2, 0) is 6.18 Å². The molecule has 0 saturated heterocycles. The third kappa shape index (κ3) is 3.92. The van der Waals surface area contributed by atoms with Gasteiger partial charge in [0.1, 0.15) is 5.03 Å². The average molecular weight is 318 g/mol. The Kier molecular flexibility index (Phi) is 4.14. The smallest absolute Gasteiger partial charge is 0.301 e. The standard InChI is InChI=1S/C10H9F3N6OS/c1-4-2-6(20)17-9(15-4)21-7-3-5(10(11,12)13)16-8(18-7)19-14/h2-3H,14H2,1H3,(H,15,17,20)(H,16,18,19). The Morgan fingerprint density at radius 3 is 2.57 bits per heavy atom. The molecule has 2 heterocycles. The van der Waals surface area contributed by atoms with E-state index in [1.165, 1.54) is 6.07 Å². The van der Waals surface area contributed by atoms with Crippen LogP contribution in [0.3, 0.4) is 0 Å². The highest BCUT2D eigenvalue weighted by atomic mass is 32.2. The fourth-order valence-electron chi connectivity index (χ4n) is 1.39. The van der Waals surface area contributed by atoms with Gasteiger partial charge in [0.2, 0.25) is 5.95 Å². The van der Waals surface area contributed by atoms with Crippen LogP contribution in [0.5, 0.6) is 0 Å². The lowest BCUT2D eigenvalue weighted by atomic mass is 10.4. The van der Waals surface area contributed by atoms with Gasteiger partial charge in [-0.15, -0.1) is 0 Å². The van der Waals surface area contributed by atoms with Crippen LogP contribution in [0.2, 0.25) is 0 Å². The number of nitrogens with one attached hydrogen (secondary N) is 2. The topological polar surface area (TPSA) is 110 Å². The predicted octanol–water partition coefficient (Wildman–Crippen LogP) is 1.32. The van der Waals surface area contributed by atoms with Gasteiger partial charge in [0.25, 0.3) is 5.56 Å². The molecule has 0 aromatic carbocycles. The average Bonchev–Trinajstić information content (AvgIpc) is 2.36. The van der Waals surface area contributed by atoms with E-state index in [0.717, 1.165) is 17.8 Å². The Balaban J connectivity index is 2.41. The number of hydrazine groups is 1. The molecule has 7 nitrogen and oxygen atoms in total. The minimum Gasteiger partial charge on any atom is -0.301 e. The predicted molar refractivity (Wildman–Crippen MR) is 68.6 cm³/mol. The summed E-state index contributed by atoms with van der Waals surface area (Å²) in [4.78, 5) is 24.7. The number of anilines is 1. The maximum atomic E-state index is 12.7. The van der Waals surface area contributed by atoms with E-state index in [2.05, 4.69) is 19.9 Å². The zero-order valence-corrected chi connectivity index (χ0v) is 11.3. The zero-order valence-electron chi connectivity index (χ0n) is 10.5. The molecular formula is C10H9F3N6OS. The number of alkyl halides is 3. The lowest BCUT2D eigenvalue weighted by molar-refractivity contribution is -0.141. The van der Waals surface area contributed by atoms with Crippen molar-refractivity contribution >= 4 is 17.7 Å². The number of nitrogens with zero attached hydrogens (tertiary/aromatic N) is 3. The molecule has 0 saturated carbocycles. The Morgan fingerprint density at radius 1 is 1.29 bits per heavy atom. The second-order valence-corrected chi connectivity index (χ2v) is 4.86. The molecule has 0 unspecified atom stereocenters. The number of H-pyrrole nitrogens is 1. The summed E-state index contributed by atoms with van der Waals surface area (Å²) >= 11 is 0.762. The summed E-state index contributed by atoms with van der Waals surface area (Å²) in [6.07, 6.45) is -4.64. The summed E-state index contributed by atoms with van der Waals surface area (Å²) in [5.41, 5.74) is 0.834. The molecule has 0 fully saturated rings. The minimum atomic E-state index is -4.64. The maximum Gasteiger partial charge on any atom is 0.433 e. The molecular weight excluding hydrogens is 309 g/mol. The molecule has 4 N–H and O–H groups in total. The molecule has 0 radical (unpaired) electrons. The largest absolute Gasteiger partial charge is 0.433 e. The highest BCUT2D eigenvalue weighted by Gasteiger charge is 2.33. The number of halogens is 3. The number of hydrogen-bond donors (Lipinski definition) is 3. The summed E-state index contributed by atoms with van der Waals surface area (Å²) in [7, 11) is 0. The van der Waals surface area contributed by atoms with Crippen LogP contribution in [-0.4, -0.2) is 19.9 Å². The van der Waals surface area contributed by atoms with E-state index in [9.17, 15) is 18.0 Å². The SMILES string of the molecule is Cc1cc(=O)[nH]c(Sc2cc(C(F)(F)F)nc(NN)n2)n1. The minimum absolute atomic E-state index is 0.0565. The number of hydrogen-bond acceptors (Lipinski definition) is 7. The van der Waals surface area contributed by atoms with Gasteiger partial charge in [0.15, 0.2) is 10.9 Å². The first-order chi connectivity index (χ1) is 9.77. The Bertz CT molecular complexity index is 717. The first kappa shape index (κ1) is 15.3. The summed E-state index contributed by atoms with van der Waals surface area (Å²) in [6, 6.07) is 2.01. The van der Waals surface area contributed by atoms with Gasteiger partial charge < -0.3 is 4.98 Å². The molecule has 0 aliphatic rings. The van der Waals surface area contributed by atoms with E-state index < -0.39 is 17.4 Å². The fourth-order valence-corrected chi connectivity index (χ4v) is 2.23. The Labute approximate surface area is 120 Å². The number of nitrogens with two attached hydrogens (primary N) is 1. The molecule has 0 atom stereocenters. The number of rotatable bonds is 3. The molecule has 0 spiro atoms. The number of aryl methyl sites for hydroxylation is 1. The van der Waals surface area contributed by atoms with Gasteiger partial charge in [-0.05, 0) is 18.7 Å². The van der Waals surface area contributed by atoms with Crippen molar-refractivity contribution in [2.45, 2.75) is 23.3 Å². The second-order valence-electron chi connectivity index (χ2n) is 3.85. The van der Waals surface area contributed by atoms with Crippen molar-refractivity contribution in [2.24, 2.45) is 5.84 Å². The third-order valence-corrected chi connectivity index (χ3v) is 2.98. The summed E-state index contributed by atoms with van der Waals surface area (Å²) in [5.74, 6) is 4.66. The van der Waals surface area contributed by atoms with Gasteiger partial charge >= 0.3 is 6.18 Å². The Hall–Kier alpha value is -2.14. The van der Waals surface area contributed by atoms with Crippen LogP contribution in [0.1, 0.15) is 11.4 Å². The second kappa shape index (κ2) is 5.69. The molecule has 0 bridgehead atoms. The molecule has 0 aliphatic carbocycles. The van der Waals surface area contributed by atoms with Crippen molar-refractivity contribution in [1.82, 2.24) is 19.9 Å². The van der Waals surface area contributed by atoms with Crippen molar-refractivity contribution in [3.63, 3.8) is 0 Å². The van der Waals surface area contributed by atoms with Gasteiger partial charge in [0.05, 0.1) is 0 Å². The van der Waals surface area contributed by atoms with Crippen molar-refractivity contribution in [3.8, 4) is 0 Å². The van der Waals surface area contributed by atoms with Gasteiger partial charge in [0, 0.05) is 17.8 Å². The van der Waals surface area contributed by atoms with E-state index >= 15 is 0 Å². The van der Waals surface area contributed by atoms with Crippen LogP contribution in [0, 0.1) is 6.92 Å². The van der Waals surface area contributed by atoms with E-state index in [1.54, 1.807) is 6.92 Å². The highest BCUT2D eigenvalue weighted by Crippen LogP contribution is 2.32. The fraction of sp³-hybridized carbons (Fsp3) is 0.200. The van der Waals surface area contributed by atoms with E-state index in [-0.39, 0.29) is 16.1 Å². The van der Waals surface area contributed by atoms with E-state index in [1.807, 2.05) is 5.43 Å². The van der Waals surface area contributed by atoms with Gasteiger partial charge in [-0.3, -0.25) is 10.2 Å². The molecule has 0 amide bonds. The van der Waals surface area contributed by atoms with Crippen LogP contribution in [0.15, 0.2) is 27.1 Å². The van der Waals surface area contributed by atoms with Gasteiger partial charge in [-0.2, -0.15) is 13.2 Å². The van der Waals surface area contributed by atoms with Crippen LogP contribution in [0.4, 0.5) is 19.1 Å². The number of aromatic nitrogens is 4. The first-order valence-corrected chi connectivity index (χ1v) is 6.28. The van der Waals surface area contributed by atoms with E-state index in [4.69, 9.17) is 5.84 Å². The molecule has 2 aromatic rings. The van der Waals surface area contributed by atoms with Crippen molar-refractivity contribution < 1.29 is 13.2 Å². The van der Waals surface area contributed by atoms with Gasteiger partial charge in [-0.1, -0.05) is 0 Å². The van der Waals surface area contributed by atoms with Crippen molar-refractivity contribution in [2.75, 3.05) is 5.43 Å². The lowest BCUT2D eigenvalue weighted by Gasteiger charge is -2.09. The quantitative estimate of drug-likeness (QED) is 0.339. The Morgan fingerprint density at radius 2 is 2.00 bits per heavy atom. The summed E-state index contributed by atoms with van der Waals surface area (Å²) in [6.45, 7) is 1.59. The van der Waals surface area contributed by atoms with Crippen LogP contribution in [0.25, 0.3) is 0 Å².